The van der Waals surface area contributed by atoms with Crippen molar-refractivity contribution in [3.63, 3.8) is 0 Å². The number of methoxy groups -OCH3 is 1. The van der Waals surface area contributed by atoms with Gasteiger partial charge in [0.2, 0.25) is 0 Å². The zero-order valence-electron chi connectivity index (χ0n) is 11.7. The van der Waals surface area contributed by atoms with Crippen molar-refractivity contribution in [2.75, 3.05) is 20.8 Å². The molecule has 1 atom stereocenters. The molecule has 0 saturated carbocycles. The van der Waals surface area contributed by atoms with Gasteiger partial charge in [-0.15, -0.1) is 0 Å². The summed E-state index contributed by atoms with van der Waals surface area (Å²) in [6.45, 7) is 3.52. The van der Waals surface area contributed by atoms with Crippen LogP contribution in [0, 0.1) is 0 Å². The Kier molecular flexibility index (Phi) is 6.25. The third-order valence-electron chi connectivity index (χ3n) is 3.04. The van der Waals surface area contributed by atoms with E-state index in [1.807, 2.05) is 31.3 Å². The lowest BCUT2D eigenvalue weighted by Crippen LogP contribution is -2.32. The van der Waals surface area contributed by atoms with Crippen molar-refractivity contribution in [2.24, 2.45) is 0 Å². The summed E-state index contributed by atoms with van der Waals surface area (Å²) >= 11 is 0. The van der Waals surface area contributed by atoms with Crippen molar-refractivity contribution in [1.82, 2.24) is 4.90 Å². The number of carboxylic acid groups (broad SMARTS) is 1. The highest BCUT2D eigenvalue weighted by atomic mass is 16.5. The quantitative estimate of drug-likeness (QED) is 0.767. The van der Waals surface area contributed by atoms with E-state index in [1.165, 1.54) is 0 Å². The van der Waals surface area contributed by atoms with Crippen LogP contribution in [0.2, 0.25) is 0 Å². The van der Waals surface area contributed by atoms with Gasteiger partial charge >= 0.3 is 5.97 Å². The number of likely N-dealkylation sites (N-methyl/N-ethyl adjacent to an activating group) is 1. The standard InChI is InChI=1S/C15H21NO3/c1-12(11-19-3)16(2)10-14-7-5-4-6-13(14)8-9-15(17)18/h4-9,12H,10-11H2,1-3H3,(H,17,18)/b9-8+. The van der Waals surface area contributed by atoms with Crippen LogP contribution >= 0.6 is 0 Å². The third kappa shape index (κ3) is 5.24. The normalized spacial score (nSPS) is 13.1. The van der Waals surface area contributed by atoms with Crippen molar-refractivity contribution >= 4 is 12.0 Å². The van der Waals surface area contributed by atoms with E-state index >= 15 is 0 Å². The highest BCUT2D eigenvalue weighted by Crippen LogP contribution is 2.14. The lowest BCUT2D eigenvalue weighted by molar-refractivity contribution is -0.131. The van der Waals surface area contributed by atoms with Gasteiger partial charge in [-0.1, -0.05) is 24.3 Å². The molecule has 1 N–H and O–H groups in total. The smallest absolute Gasteiger partial charge is 0.328 e. The fraction of sp³-hybridized carbons (Fsp3) is 0.400. The fourth-order valence-corrected chi connectivity index (χ4v) is 1.79. The molecule has 1 aromatic carbocycles. The van der Waals surface area contributed by atoms with Gasteiger partial charge in [-0.2, -0.15) is 0 Å². The molecule has 1 unspecified atom stereocenters. The summed E-state index contributed by atoms with van der Waals surface area (Å²) in [6.07, 6.45) is 2.80. The molecule has 0 amide bonds. The van der Waals surface area contributed by atoms with Crippen LogP contribution < -0.4 is 0 Å². The van der Waals surface area contributed by atoms with E-state index in [4.69, 9.17) is 9.84 Å². The van der Waals surface area contributed by atoms with E-state index in [-0.39, 0.29) is 0 Å². The Labute approximate surface area is 114 Å². The number of rotatable bonds is 7. The number of benzene rings is 1. The summed E-state index contributed by atoms with van der Waals surface area (Å²) in [5.74, 6) is -0.934. The minimum atomic E-state index is -0.934. The van der Waals surface area contributed by atoms with Crippen molar-refractivity contribution in [1.29, 1.82) is 0 Å². The molecule has 0 heterocycles. The molecule has 0 aliphatic rings. The monoisotopic (exact) mass is 263 g/mol. The molecule has 0 saturated heterocycles. The molecule has 0 aromatic heterocycles. The summed E-state index contributed by atoms with van der Waals surface area (Å²) in [4.78, 5) is 12.8. The van der Waals surface area contributed by atoms with Gasteiger partial charge in [0.25, 0.3) is 0 Å². The molecule has 1 aromatic rings. The minimum Gasteiger partial charge on any atom is -0.478 e. The summed E-state index contributed by atoms with van der Waals surface area (Å²) < 4.78 is 5.14. The van der Waals surface area contributed by atoms with Crippen LogP contribution in [0.4, 0.5) is 0 Å². The summed E-state index contributed by atoms with van der Waals surface area (Å²) in [5, 5.41) is 8.69. The zero-order chi connectivity index (χ0) is 14.3. The zero-order valence-corrected chi connectivity index (χ0v) is 11.7. The van der Waals surface area contributed by atoms with Crippen molar-refractivity contribution in [2.45, 2.75) is 19.5 Å². The van der Waals surface area contributed by atoms with Crippen molar-refractivity contribution < 1.29 is 14.6 Å². The predicted octanol–water partition coefficient (Wildman–Crippen LogP) is 2.25. The lowest BCUT2D eigenvalue weighted by atomic mass is 10.1. The summed E-state index contributed by atoms with van der Waals surface area (Å²) in [6, 6.07) is 8.11. The Balaban J connectivity index is 2.80. The van der Waals surface area contributed by atoms with Gasteiger partial charge in [0.1, 0.15) is 0 Å². The Bertz CT molecular complexity index is 443. The molecule has 104 valence electrons. The molecule has 19 heavy (non-hydrogen) atoms. The average molecular weight is 263 g/mol. The fourth-order valence-electron chi connectivity index (χ4n) is 1.79. The Morgan fingerprint density at radius 1 is 1.47 bits per heavy atom. The first-order valence-corrected chi connectivity index (χ1v) is 6.22. The first-order chi connectivity index (χ1) is 9.04. The van der Waals surface area contributed by atoms with E-state index in [9.17, 15) is 4.79 Å². The van der Waals surface area contributed by atoms with Gasteiger partial charge < -0.3 is 9.84 Å². The molecule has 0 aliphatic heterocycles. The molecular formula is C15H21NO3. The largest absolute Gasteiger partial charge is 0.478 e. The third-order valence-corrected chi connectivity index (χ3v) is 3.04. The van der Waals surface area contributed by atoms with Crippen molar-refractivity contribution in [3.05, 3.63) is 41.5 Å². The molecule has 1 rings (SSSR count). The Morgan fingerprint density at radius 3 is 2.79 bits per heavy atom. The van der Waals surface area contributed by atoms with E-state index in [0.717, 1.165) is 23.7 Å². The maximum absolute atomic E-state index is 10.6. The highest BCUT2D eigenvalue weighted by molar-refractivity contribution is 5.85. The molecule has 0 bridgehead atoms. The second-order valence-corrected chi connectivity index (χ2v) is 4.59. The molecule has 0 spiro atoms. The second-order valence-electron chi connectivity index (χ2n) is 4.59. The summed E-state index contributed by atoms with van der Waals surface area (Å²) in [5.41, 5.74) is 2.03. The van der Waals surface area contributed by atoms with E-state index < -0.39 is 5.97 Å². The van der Waals surface area contributed by atoms with Gasteiger partial charge in [-0.25, -0.2) is 4.79 Å². The average Bonchev–Trinajstić information content (AvgIpc) is 2.37. The van der Waals surface area contributed by atoms with Gasteiger partial charge in [-0.05, 0) is 31.2 Å². The molecular weight excluding hydrogens is 242 g/mol. The highest BCUT2D eigenvalue weighted by Gasteiger charge is 2.10. The number of carbonyl (C=O) groups is 1. The number of nitrogens with zero attached hydrogens (tertiary/aromatic N) is 1. The van der Waals surface area contributed by atoms with Gasteiger partial charge in [-0.3, -0.25) is 4.90 Å². The molecule has 4 heteroatoms. The van der Waals surface area contributed by atoms with Crippen LogP contribution in [0.15, 0.2) is 30.3 Å². The number of hydrogen-bond donors (Lipinski definition) is 1. The number of hydrogen-bond acceptors (Lipinski definition) is 3. The van der Waals surface area contributed by atoms with Gasteiger partial charge in [0.15, 0.2) is 0 Å². The van der Waals surface area contributed by atoms with Crippen LogP contribution in [-0.4, -0.2) is 42.8 Å². The van der Waals surface area contributed by atoms with Gasteiger partial charge in [0.05, 0.1) is 6.61 Å². The van der Waals surface area contributed by atoms with Crippen LogP contribution in [0.3, 0.4) is 0 Å². The molecule has 0 fully saturated rings. The van der Waals surface area contributed by atoms with Crippen LogP contribution in [0.5, 0.6) is 0 Å². The molecule has 0 aliphatic carbocycles. The predicted molar refractivity (Wildman–Crippen MR) is 75.9 cm³/mol. The van der Waals surface area contributed by atoms with E-state index in [2.05, 4.69) is 11.8 Å². The number of aliphatic carboxylic acids is 1. The molecule has 4 nitrogen and oxygen atoms in total. The van der Waals surface area contributed by atoms with Crippen molar-refractivity contribution in [3.8, 4) is 0 Å². The Morgan fingerprint density at radius 2 is 2.16 bits per heavy atom. The molecule has 0 radical (unpaired) electrons. The topological polar surface area (TPSA) is 49.8 Å². The van der Waals surface area contributed by atoms with Gasteiger partial charge in [0, 0.05) is 25.8 Å². The van der Waals surface area contributed by atoms with E-state index in [1.54, 1.807) is 13.2 Å². The first kappa shape index (κ1) is 15.4. The van der Waals surface area contributed by atoms with Crippen LogP contribution in [-0.2, 0) is 16.1 Å². The lowest BCUT2D eigenvalue weighted by Gasteiger charge is -2.24. The van der Waals surface area contributed by atoms with Crippen LogP contribution in [0.1, 0.15) is 18.1 Å². The van der Waals surface area contributed by atoms with E-state index in [0.29, 0.717) is 12.6 Å². The number of ether oxygens (including phenoxy) is 1. The second kappa shape index (κ2) is 7.71. The number of carboxylic acids is 1. The minimum absolute atomic E-state index is 0.307. The maximum Gasteiger partial charge on any atom is 0.328 e. The maximum atomic E-state index is 10.6. The first-order valence-electron chi connectivity index (χ1n) is 6.22. The summed E-state index contributed by atoms with van der Waals surface area (Å²) in [7, 11) is 3.72. The SMILES string of the molecule is COCC(C)N(C)Cc1ccccc1/C=C/C(=O)O. The Hall–Kier alpha value is -1.65. The van der Waals surface area contributed by atoms with Crippen LogP contribution in [0.25, 0.3) is 6.08 Å².